The van der Waals surface area contributed by atoms with Gasteiger partial charge in [0.2, 0.25) is 5.91 Å². The third-order valence-electron chi connectivity index (χ3n) is 6.95. The molecule has 1 amide bonds. The maximum absolute atomic E-state index is 13.7. The van der Waals surface area contributed by atoms with Gasteiger partial charge in [-0.05, 0) is 48.7 Å². The first-order chi connectivity index (χ1) is 17.9. The Hall–Kier alpha value is -3.17. The van der Waals surface area contributed by atoms with E-state index in [1.54, 1.807) is 33.4 Å². The van der Waals surface area contributed by atoms with Gasteiger partial charge in [0.25, 0.3) is 0 Å². The summed E-state index contributed by atoms with van der Waals surface area (Å²) in [7, 11) is 0. The van der Waals surface area contributed by atoms with Crippen LogP contribution in [0.2, 0.25) is 0 Å². The first-order valence-corrected chi connectivity index (χ1v) is 13.6. The molecule has 1 atom stereocenters. The first kappa shape index (κ1) is 25.5. The molecule has 0 bridgehead atoms. The predicted octanol–water partition coefficient (Wildman–Crippen LogP) is 4.25. The molecule has 0 radical (unpaired) electrons. The van der Waals surface area contributed by atoms with Crippen LogP contribution in [0.1, 0.15) is 18.9 Å². The van der Waals surface area contributed by atoms with Gasteiger partial charge in [-0.15, -0.1) is 11.8 Å². The van der Waals surface area contributed by atoms with Gasteiger partial charge in [0.05, 0.1) is 18.2 Å². The number of hydrogen-bond donors (Lipinski definition) is 0. The largest absolute Gasteiger partial charge is 0.375 e. The molecule has 0 spiro atoms. The zero-order valence-electron chi connectivity index (χ0n) is 21.2. The van der Waals surface area contributed by atoms with Crippen molar-refractivity contribution >= 4 is 34.4 Å². The van der Waals surface area contributed by atoms with E-state index in [1.807, 2.05) is 6.92 Å². The van der Waals surface area contributed by atoms with E-state index in [4.69, 9.17) is 4.74 Å². The second-order valence-electron chi connectivity index (χ2n) is 9.45. The lowest BCUT2D eigenvalue weighted by Crippen LogP contribution is -2.49. The Morgan fingerprint density at radius 2 is 1.97 bits per heavy atom. The number of hydrogen-bond acceptors (Lipinski definition) is 6. The molecule has 37 heavy (non-hydrogen) atoms. The van der Waals surface area contributed by atoms with Crippen LogP contribution in [0.15, 0.2) is 52.7 Å². The number of piperazine rings is 1. The molecule has 3 aromatic rings. The Kier molecular flexibility index (Phi) is 7.35. The minimum Gasteiger partial charge on any atom is -0.375 e. The zero-order chi connectivity index (χ0) is 26.1. The Balaban J connectivity index is 1.67. The van der Waals surface area contributed by atoms with E-state index in [-0.39, 0.29) is 23.5 Å². The van der Waals surface area contributed by atoms with Crippen molar-refractivity contribution in [3.8, 4) is 11.1 Å². The van der Waals surface area contributed by atoms with Gasteiger partial charge in [-0.1, -0.05) is 25.6 Å². The number of aromatic nitrogens is 2. The summed E-state index contributed by atoms with van der Waals surface area (Å²) in [4.78, 5) is 35.0. The van der Waals surface area contributed by atoms with Crippen molar-refractivity contribution in [2.45, 2.75) is 37.8 Å². The Bertz CT molecular complexity index is 1400. The number of ether oxygens (including phenoxy) is 1. The third kappa shape index (κ3) is 4.90. The highest BCUT2D eigenvalue weighted by atomic mass is 32.2. The topological polar surface area (TPSA) is 67.7 Å². The number of aryl methyl sites for hydroxylation is 1. The summed E-state index contributed by atoms with van der Waals surface area (Å²) >= 11 is 1.68. The van der Waals surface area contributed by atoms with Crippen molar-refractivity contribution in [1.82, 2.24) is 14.5 Å². The summed E-state index contributed by atoms with van der Waals surface area (Å²) in [6.45, 7) is 11.0. The SMILES string of the molecule is C=CC(=O)N1CCN(c2nc(=O)n3c4c(c(-c5ccc(F)cc5)c(C)cc24)SCC(OCCC)C3)CC1. The van der Waals surface area contributed by atoms with E-state index in [2.05, 4.69) is 29.5 Å². The van der Waals surface area contributed by atoms with Gasteiger partial charge in [0.1, 0.15) is 11.6 Å². The minimum absolute atomic E-state index is 0.0876. The van der Waals surface area contributed by atoms with E-state index in [0.717, 1.165) is 38.9 Å². The fraction of sp³-hybridized carbons (Fsp3) is 0.393. The van der Waals surface area contributed by atoms with Crippen LogP contribution in [0.5, 0.6) is 0 Å². The standard InChI is InChI=1S/C28H31FN4O3S/c1-4-14-36-21-16-33-25-22(27(30-28(33)35)32-12-10-31(11-13-32)23(34)5-2)15-18(3)24(26(25)37-17-21)19-6-8-20(29)9-7-19/h5-9,15,21H,2,4,10-14,16-17H2,1,3H3. The number of carbonyl (C=O) groups excluding carboxylic acids is 1. The third-order valence-corrected chi connectivity index (χ3v) is 8.18. The van der Waals surface area contributed by atoms with Gasteiger partial charge in [-0.25, -0.2) is 9.18 Å². The van der Waals surface area contributed by atoms with Gasteiger partial charge in [0.15, 0.2) is 0 Å². The lowest BCUT2D eigenvalue weighted by Gasteiger charge is -2.35. The predicted molar refractivity (Wildman–Crippen MR) is 146 cm³/mol. The summed E-state index contributed by atoms with van der Waals surface area (Å²) in [5.74, 6) is 0.970. The summed E-state index contributed by atoms with van der Waals surface area (Å²) in [6, 6.07) is 8.60. The summed E-state index contributed by atoms with van der Waals surface area (Å²) in [6.07, 6.45) is 2.11. The van der Waals surface area contributed by atoms with Crippen LogP contribution in [-0.2, 0) is 16.1 Å². The highest BCUT2D eigenvalue weighted by molar-refractivity contribution is 7.99. The molecule has 1 unspecified atom stereocenters. The number of benzene rings is 2. The van der Waals surface area contributed by atoms with Crippen molar-refractivity contribution in [2.75, 3.05) is 43.4 Å². The quantitative estimate of drug-likeness (QED) is 0.451. The Labute approximate surface area is 219 Å². The van der Waals surface area contributed by atoms with Crippen molar-refractivity contribution in [3.63, 3.8) is 0 Å². The van der Waals surface area contributed by atoms with Gasteiger partial charge >= 0.3 is 5.69 Å². The van der Waals surface area contributed by atoms with Gasteiger partial charge < -0.3 is 14.5 Å². The van der Waals surface area contributed by atoms with Crippen molar-refractivity contribution < 1.29 is 13.9 Å². The molecule has 9 heteroatoms. The minimum atomic E-state index is -0.310. The number of amides is 1. The fourth-order valence-electron chi connectivity index (χ4n) is 5.13. The molecule has 5 rings (SSSR count). The molecule has 2 aliphatic rings. The summed E-state index contributed by atoms with van der Waals surface area (Å²) < 4.78 is 21.6. The molecule has 2 aliphatic heterocycles. The molecule has 0 aliphatic carbocycles. The lowest BCUT2D eigenvalue weighted by molar-refractivity contribution is -0.126. The van der Waals surface area contributed by atoms with Crippen LogP contribution >= 0.6 is 11.8 Å². The second-order valence-corrected chi connectivity index (χ2v) is 10.5. The van der Waals surface area contributed by atoms with Gasteiger partial charge in [-0.3, -0.25) is 9.36 Å². The van der Waals surface area contributed by atoms with E-state index >= 15 is 0 Å². The highest BCUT2D eigenvalue weighted by Gasteiger charge is 2.29. The number of thioether (sulfide) groups is 1. The average Bonchev–Trinajstić information content (AvgIpc) is 3.10. The fourth-order valence-corrected chi connectivity index (χ4v) is 6.47. The smallest absolute Gasteiger partial charge is 0.350 e. The molecule has 1 saturated heterocycles. The van der Waals surface area contributed by atoms with E-state index in [9.17, 15) is 14.0 Å². The molecular weight excluding hydrogens is 491 g/mol. The molecular formula is C28H31FN4O3S. The normalized spacial score (nSPS) is 17.6. The van der Waals surface area contributed by atoms with Gasteiger partial charge in [-0.2, -0.15) is 4.98 Å². The maximum atomic E-state index is 13.7. The van der Waals surface area contributed by atoms with Crippen molar-refractivity contribution in [3.05, 3.63) is 64.9 Å². The molecule has 3 heterocycles. The van der Waals surface area contributed by atoms with E-state index < -0.39 is 0 Å². The number of anilines is 1. The number of carbonyl (C=O) groups is 1. The Morgan fingerprint density at radius 3 is 2.65 bits per heavy atom. The van der Waals surface area contributed by atoms with Crippen LogP contribution in [0.3, 0.4) is 0 Å². The van der Waals surface area contributed by atoms with Crippen molar-refractivity contribution in [2.24, 2.45) is 0 Å². The molecule has 2 aromatic carbocycles. The summed E-state index contributed by atoms with van der Waals surface area (Å²) in [5.41, 5.74) is 3.47. The molecule has 194 valence electrons. The average molecular weight is 523 g/mol. The van der Waals surface area contributed by atoms with Gasteiger partial charge in [0, 0.05) is 54.4 Å². The molecule has 1 fully saturated rings. The van der Waals surface area contributed by atoms with Crippen molar-refractivity contribution in [1.29, 1.82) is 0 Å². The first-order valence-electron chi connectivity index (χ1n) is 12.7. The van der Waals surface area contributed by atoms with Crippen LogP contribution in [0.25, 0.3) is 22.0 Å². The second kappa shape index (κ2) is 10.7. The number of halogens is 1. The Morgan fingerprint density at radius 1 is 1.24 bits per heavy atom. The highest BCUT2D eigenvalue weighted by Crippen LogP contribution is 2.43. The zero-order valence-corrected chi connectivity index (χ0v) is 22.0. The van der Waals surface area contributed by atoms with Crippen LogP contribution in [0.4, 0.5) is 10.2 Å². The lowest BCUT2D eigenvalue weighted by atomic mass is 9.97. The molecule has 0 N–H and O–H groups in total. The van der Waals surface area contributed by atoms with E-state index in [0.29, 0.717) is 50.9 Å². The van der Waals surface area contributed by atoms with Crippen LogP contribution in [-0.4, -0.2) is 65.0 Å². The van der Waals surface area contributed by atoms with Crippen LogP contribution in [0, 0.1) is 12.7 Å². The van der Waals surface area contributed by atoms with E-state index in [1.165, 1.54) is 18.2 Å². The van der Waals surface area contributed by atoms with Crippen LogP contribution < -0.4 is 10.6 Å². The molecule has 1 aromatic heterocycles. The monoisotopic (exact) mass is 522 g/mol. The summed E-state index contributed by atoms with van der Waals surface area (Å²) in [5, 5.41) is 0.908. The number of nitrogens with zero attached hydrogens (tertiary/aromatic N) is 4. The number of rotatable bonds is 6. The molecule has 7 nitrogen and oxygen atoms in total. The molecule has 0 saturated carbocycles. The maximum Gasteiger partial charge on any atom is 0.350 e.